The molecule has 0 aromatic rings. The van der Waals surface area contributed by atoms with Gasteiger partial charge in [0.2, 0.25) is 0 Å². The van der Waals surface area contributed by atoms with Gasteiger partial charge in [-0.1, -0.05) is 26.2 Å². The molecule has 144 valence electrons. The molecule has 0 saturated carbocycles. The molecular formula is C18H33N3O3S. The standard InChI is InChI=1S/C18H33N3O3S/c1-2-11-19-18(25)21-20-12-14-13(15-9-10-16(14)24-15)7-5-3-4-6-8-17(22)23/h13-16,20H,2-12H2,1H3,(H,22,23)(H2,19,21,25). The first kappa shape index (κ1) is 20.4. The largest absolute Gasteiger partial charge is 0.481 e. The number of carbonyl (C=O) groups is 1. The van der Waals surface area contributed by atoms with E-state index in [0.717, 1.165) is 45.2 Å². The molecule has 0 aromatic carbocycles. The molecular weight excluding hydrogens is 338 g/mol. The van der Waals surface area contributed by atoms with Crippen molar-refractivity contribution in [1.29, 1.82) is 0 Å². The van der Waals surface area contributed by atoms with E-state index in [1.165, 1.54) is 19.3 Å². The first-order chi connectivity index (χ1) is 12.1. The molecule has 4 unspecified atom stereocenters. The minimum atomic E-state index is -0.688. The third-order valence-electron chi connectivity index (χ3n) is 5.34. The summed E-state index contributed by atoms with van der Waals surface area (Å²) in [6.07, 6.45) is 9.77. The fraction of sp³-hybridized carbons (Fsp3) is 0.889. The summed E-state index contributed by atoms with van der Waals surface area (Å²) >= 11 is 5.23. The molecule has 2 aliphatic heterocycles. The fourth-order valence-electron chi connectivity index (χ4n) is 4.10. The summed E-state index contributed by atoms with van der Waals surface area (Å²) in [6.45, 7) is 3.87. The Bertz CT molecular complexity index is 436. The molecule has 0 amide bonds. The maximum absolute atomic E-state index is 10.5. The molecule has 0 radical (unpaired) electrons. The third-order valence-corrected chi connectivity index (χ3v) is 5.59. The first-order valence-corrected chi connectivity index (χ1v) is 10.2. The summed E-state index contributed by atoms with van der Waals surface area (Å²) in [5.41, 5.74) is 6.35. The second kappa shape index (κ2) is 10.9. The predicted molar refractivity (Wildman–Crippen MR) is 102 cm³/mol. The summed E-state index contributed by atoms with van der Waals surface area (Å²) in [5.74, 6) is 0.468. The van der Waals surface area contributed by atoms with Crippen LogP contribution in [0.25, 0.3) is 0 Å². The van der Waals surface area contributed by atoms with Crippen LogP contribution in [0.2, 0.25) is 0 Å². The van der Waals surface area contributed by atoms with Gasteiger partial charge in [0.05, 0.1) is 12.2 Å². The van der Waals surface area contributed by atoms with Crippen LogP contribution < -0.4 is 16.2 Å². The fourth-order valence-corrected chi connectivity index (χ4v) is 4.27. The number of unbranched alkanes of at least 4 members (excludes halogenated alkanes) is 3. The van der Waals surface area contributed by atoms with Gasteiger partial charge in [0.25, 0.3) is 0 Å². The Labute approximate surface area is 156 Å². The zero-order chi connectivity index (χ0) is 18.1. The number of carboxylic acids is 1. The van der Waals surface area contributed by atoms with Crippen molar-refractivity contribution in [2.75, 3.05) is 13.1 Å². The molecule has 7 heteroatoms. The number of ether oxygens (including phenoxy) is 1. The van der Waals surface area contributed by atoms with Crippen LogP contribution in [0.3, 0.4) is 0 Å². The Morgan fingerprint density at radius 1 is 1.16 bits per heavy atom. The van der Waals surface area contributed by atoms with Crippen molar-refractivity contribution in [1.82, 2.24) is 16.2 Å². The van der Waals surface area contributed by atoms with Crippen LogP contribution >= 0.6 is 12.2 Å². The van der Waals surface area contributed by atoms with Crippen LogP contribution in [0, 0.1) is 11.8 Å². The molecule has 2 fully saturated rings. The Balaban J connectivity index is 1.64. The van der Waals surface area contributed by atoms with E-state index in [9.17, 15) is 4.79 Å². The number of nitrogens with one attached hydrogen (secondary N) is 3. The topological polar surface area (TPSA) is 82.6 Å². The quantitative estimate of drug-likeness (QED) is 0.238. The number of fused-ring (bicyclic) bond motifs is 2. The van der Waals surface area contributed by atoms with Crippen LogP contribution in [-0.2, 0) is 9.53 Å². The van der Waals surface area contributed by atoms with Gasteiger partial charge in [-0.3, -0.25) is 10.2 Å². The van der Waals surface area contributed by atoms with Gasteiger partial charge >= 0.3 is 5.97 Å². The number of rotatable bonds is 12. The number of aliphatic carboxylic acids is 1. The molecule has 0 spiro atoms. The molecule has 2 aliphatic rings. The van der Waals surface area contributed by atoms with Crippen molar-refractivity contribution in [3.8, 4) is 0 Å². The monoisotopic (exact) mass is 371 g/mol. The van der Waals surface area contributed by atoms with Crippen LogP contribution in [-0.4, -0.2) is 41.5 Å². The van der Waals surface area contributed by atoms with Gasteiger partial charge in [0.1, 0.15) is 0 Å². The summed E-state index contributed by atoms with van der Waals surface area (Å²) in [4.78, 5) is 10.5. The molecule has 6 nitrogen and oxygen atoms in total. The zero-order valence-corrected chi connectivity index (χ0v) is 16.1. The molecule has 2 saturated heterocycles. The first-order valence-electron chi connectivity index (χ1n) is 9.75. The molecule has 4 atom stereocenters. The zero-order valence-electron chi connectivity index (χ0n) is 15.3. The highest BCUT2D eigenvalue weighted by molar-refractivity contribution is 7.80. The van der Waals surface area contributed by atoms with Crippen LogP contribution in [0.4, 0.5) is 0 Å². The summed E-state index contributed by atoms with van der Waals surface area (Å²) in [7, 11) is 0. The number of hydrazine groups is 1. The normalized spacial score (nSPS) is 27.4. The molecule has 25 heavy (non-hydrogen) atoms. The second-order valence-electron chi connectivity index (χ2n) is 7.23. The molecule has 0 aromatic heterocycles. The summed E-state index contributed by atoms with van der Waals surface area (Å²) in [5, 5.41) is 12.5. The van der Waals surface area contributed by atoms with Gasteiger partial charge in [-0.15, -0.1) is 0 Å². The summed E-state index contributed by atoms with van der Waals surface area (Å²) in [6, 6.07) is 0. The van der Waals surface area contributed by atoms with E-state index in [-0.39, 0.29) is 0 Å². The molecule has 2 bridgehead atoms. The van der Waals surface area contributed by atoms with E-state index in [1.807, 2.05) is 0 Å². The van der Waals surface area contributed by atoms with Crippen molar-refractivity contribution in [2.24, 2.45) is 11.8 Å². The van der Waals surface area contributed by atoms with Crippen molar-refractivity contribution < 1.29 is 14.6 Å². The Kier molecular flexibility index (Phi) is 8.92. The molecule has 0 aliphatic carbocycles. The van der Waals surface area contributed by atoms with E-state index >= 15 is 0 Å². The lowest BCUT2D eigenvalue weighted by molar-refractivity contribution is -0.137. The van der Waals surface area contributed by atoms with Gasteiger partial charge in [0, 0.05) is 25.4 Å². The Hall–Kier alpha value is -0.920. The van der Waals surface area contributed by atoms with Gasteiger partial charge in [-0.2, -0.15) is 0 Å². The smallest absolute Gasteiger partial charge is 0.303 e. The highest BCUT2D eigenvalue weighted by Crippen LogP contribution is 2.45. The van der Waals surface area contributed by atoms with Gasteiger partial charge in [-0.25, -0.2) is 5.43 Å². The molecule has 2 rings (SSSR count). The predicted octanol–water partition coefficient (Wildman–Crippen LogP) is 2.58. The van der Waals surface area contributed by atoms with E-state index in [0.29, 0.717) is 35.6 Å². The van der Waals surface area contributed by atoms with E-state index in [1.54, 1.807) is 0 Å². The maximum atomic E-state index is 10.5. The lowest BCUT2D eigenvalue weighted by atomic mass is 9.76. The van der Waals surface area contributed by atoms with Crippen molar-refractivity contribution in [2.45, 2.75) is 76.9 Å². The van der Waals surface area contributed by atoms with E-state index < -0.39 is 5.97 Å². The average molecular weight is 372 g/mol. The highest BCUT2D eigenvalue weighted by Gasteiger charge is 2.47. The summed E-state index contributed by atoms with van der Waals surface area (Å²) < 4.78 is 6.14. The van der Waals surface area contributed by atoms with Crippen molar-refractivity contribution in [3.05, 3.63) is 0 Å². The lowest BCUT2D eigenvalue weighted by Crippen LogP contribution is -2.48. The minimum absolute atomic E-state index is 0.293. The number of carboxylic acid groups (broad SMARTS) is 1. The van der Waals surface area contributed by atoms with Crippen LogP contribution in [0.15, 0.2) is 0 Å². The van der Waals surface area contributed by atoms with Crippen molar-refractivity contribution >= 4 is 23.3 Å². The SMILES string of the molecule is CCCNC(=S)NNCC1C2CCC(O2)C1CCCCCCC(=O)O. The van der Waals surface area contributed by atoms with Gasteiger partial charge in [0.15, 0.2) is 5.11 Å². The maximum Gasteiger partial charge on any atom is 0.303 e. The average Bonchev–Trinajstić information content (AvgIpc) is 3.18. The van der Waals surface area contributed by atoms with E-state index in [4.69, 9.17) is 22.1 Å². The number of thiocarbonyl (C=S) groups is 1. The third kappa shape index (κ3) is 6.72. The lowest BCUT2D eigenvalue weighted by Gasteiger charge is -2.28. The Morgan fingerprint density at radius 2 is 1.88 bits per heavy atom. The van der Waals surface area contributed by atoms with Crippen LogP contribution in [0.5, 0.6) is 0 Å². The molecule has 2 heterocycles. The number of hydrogen-bond acceptors (Lipinski definition) is 4. The van der Waals surface area contributed by atoms with Crippen LogP contribution in [0.1, 0.15) is 64.7 Å². The second-order valence-corrected chi connectivity index (χ2v) is 7.63. The van der Waals surface area contributed by atoms with Gasteiger partial charge < -0.3 is 15.2 Å². The Morgan fingerprint density at radius 3 is 2.60 bits per heavy atom. The van der Waals surface area contributed by atoms with Gasteiger partial charge in [-0.05, 0) is 50.2 Å². The van der Waals surface area contributed by atoms with Crippen molar-refractivity contribution in [3.63, 3.8) is 0 Å². The highest BCUT2D eigenvalue weighted by atomic mass is 32.1. The van der Waals surface area contributed by atoms with E-state index in [2.05, 4.69) is 23.1 Å². The molecule has 4 N–H and O–H groups in total. The number of hydrogen-bond donors (Lipinski definition) is 4. The minimum Gasteiger partial charge on any atom is -0.481 e.